The van der Waals surface area contributed by atoms with Crippen molar-refractivity contribution in [2.24, 2.45) is 11.7 Å². The lowest BCUT2D eigenvalue weighted by Gasteiger charge is -2.30. The summed E-state index contributed by atoms with van der Waals surface area (Å²) in [6, 6.07) is 9.55. The van der Waals surface area contributed by atoms with Crippen LogP contribution in [0.4, 0.5) is 0 Å². The number of nitriles is 1. The average molecular weight is 440 g/mol. The number of rotatable bonds is 8. The second-order valence-corrected chi connectivity index (χ2v) is 8.44. The van der Waals surface area contributed by atoms with Gasteiger partial charge in [0.25, 0.3) is 0 Å². The smallest absolute Gasteiger partial charge is 0.338 e. The number of hydrogen-bond donors (Lipinski definition) is 1. The van der Waals surface area contributed by atoms with Gasteiger partial charge in [0.2, 0.25) is 5.88 Å². The molecule has 2 heterocycles. The van der Waals surface area contributed by atoms with Crippen molar-refractivity contribution in [1.29, 1.82) is 5.26 Å². The largest absolute Gasteiger partial charge is 0.494 e. The maximum Gasteiger partial charge on any atom is 0.338 e. The molecule has 0 amide bonds. The monoisotopic (exact) mass is 439 g/mol. The molecule has 172 valence electrons. The first kappa shape index (κ1) is 23.7. The fourth-order valence-corrected chi connectivity index (χ4v) is 4.44. The summed E-state index contributed by atoms with van der Waals surface area (Å²) in [6.07, 6.45) is 3.53. The van der Waals surface area contributed by atoms with E-state index in [0.29, 0.717) is 18.1 Å². The van der Waals surface area contributed by atoms with Gasteiger partial charge in [0.15, 0.2) is 0 Å². The van der Waals surface area contributed by atoms with Crippen molar-refractivity contribution >= 4 is 5.97 Å². The summed E-state index contributed by atoms with van der Waals surface area (Å²) in [6.45, 7) is 9.87. The van der Waals surface area contributed by atoms with Gasteiger partial charge in [0, 0.05) is 13.1 Å². The van der Waals surface area contributed by atoms with Crippen LogP contribution >= 0.6 is 0 Å². The number of hydrogen-bond acceptors (Lipinski definition) is 7. The first-order chi connectivity index (χ1) is 15.4. The number of nitrogens with two attached hydrogens (primary N) is 1. The third-order valence-electron chi connectivity index (χ3n) is 5.92. The molecule has 2 aliphatic rings. The molecular weight excluding hydrogens is 406 g/mol. The van der Waals surface area contributed by atoms with Crippen LogP contribution in [-0.2, 0) is 14.3 Å². The molecule has 0 spiro atoms. The minimum Gasteiger partial charge on any atom is -0.494 e. The second kappa shape index (κ2) is 11.1. The highest BCUT2D eigenvalue weighted by atomic mass is 16.5. The van der Waals surface area contributed by atoms with Gasteiger partial charge in [-0.1, -0.05) is 19.1 Å². The van der Waals surface area contributed by atoms with Crippen LogP contribution in [0.3, 0.4) is 0 Å². The molecule has 2 N–H and O–H groups in total. The molecule has 0 aromatic heterocycles. The Kier molecular flexibility index (Phi) is 8.18. The molecule has 2 unspecified atom stereocenters. The van der Waals surface area contributed by atoms with Crippen LogP contribution in [0.15, 0.2) is 47.1 Å². The molecule has 2 atom stereocenters. The standard InChI is InChI=1S/C25H33N3O4/c1-4-30-25(29)22-18(3)32-24(27)21(15-26)23(22)19-9-5-10-20(14-19)31-13-7-12-28-11-6-8-17(2)16-28/h5,9-10,14,17,23H,4,6-8,11-13,16,27H2,1-3H3. The van der Waals surface area contributed by atoms with E-state index in [-0.39, 0.29) is 23.6 Å². The highest BCUT2D eigenvalue weighted by molar-refractivity contribution is 5.92. The van der Waals surface area contributed by atoms with Gasteiger partial charge in [-0.05, 0) is 63.3 Å². The zero-order valence-corrected chi connectivity index (χ0v) is 19.2. The summed E-state index contributed by atoms with van der Waals surface area (Å²) < 4.78 is 16.7. The minimum absolute atomic E-state index is 0.00475. The van der Waals surface area contributed by atoms with E-state index < -0.39 is 11.9 Å². The predicted octanol–water partition coefficient (Wildman–Crippen LogP) is 3.83. The summed E-state index contributed by atoms with van der Waals surface area (Å²) in [5.41, 5.74) is 7.18. The average Bonchev–Trinajstić information content (AvgIpc) is 2.76. The molecule has 0 saturated carbocycles. The van der Waals surface area contributed by atoms with Gasteiger partial charge >= 0.3 is 5.97 Å². The highest BCUT2D eigenvalue weighted by Gasteiger charge is 2.36. The van der Waals surface area contributed by atoms with Crippen molar-refractivity contribution < 1.29 is 19.0 Å². The van der Waals surface area contributed by atoms with Gasteiger partial charge in [-0.15, -0.1) is 0 Å². The lowest BCUT2D eigenvalue weighted by atomic mass is 9.83. The van der Waals surface area contributed by atoms with Crippen molar-refractivity contribution in [3.05, 3.63) is 52.6 Å². The Bertz CT molecular complexity index is 931. The Balaban J connectivity index is 1.73. The Morgan fingerprint density at radius 1 is 1.41 bits per heavy atom. The number of benzene rings is 1. The van der Waals surface area contributed by atoms with E-state index in [1.807, 2.05) is 24.3 Å². The van der Waals surface area contributed by atoms with Crippen LogP contribution in [0, 0.1) is 17.2 Å². The van der Waals surface area contributed by atoms with Crippen molar-refractivity contribution in [3.8, 4) is 11.8 Å². The van der Waals surface area contributed by atoms with Gasteiger partial charge < -0.3 is 24.8 Å². The maximum absolute atomic E-state index is 12.7. The number of allylic oxidation sites excluding steroid dienone is 2. The van der Waals surface area contributed by atoms with E-state index in [9.17, 15) is 10.1 Å². The van der Waals surface area contributed by atoms with E-state index in [0.717, 1.165) is 37.5 Å². The zero-order chi connectivity index (χ0) is 23.1. The molecule has 0 bridgehead atoms. The van der Waals surface area contributed by atoms with Crippen LogP contribution in [0.5, 0.6) is 5.75 Å². The number of ether oxygens (including phenoxy) is 3. The molecule has 3 rings (SSSR count). The fraction of sp³-hybridized carbons (Fsp3) is 0.520. The summed E-state index contributed by atoms with van der Waals surface area (Å²) >= 11 is 0. The molecule has 7 heteroatoms. The van der Waals surface area contributed by atoms with Gasteiger partial charge in [-0.3, -0.25) is 0 Å². The number of piperidine rings is 1. The molecule has 0 radical (unpaired) electrons. The van der Waals surface area contributed by atoms with Crippen LogP contribution < -0.4 is 10.5 Å². The Morgan fingerprint density at radius 3 is 2.94 bits per heavy atom. The van der Waals surface area contributed by atoms with Crippen molar-refractivity contribution in [1.82, 2.24) is 4.90 Å². The summed E-state index contributed by atoms with van der Waals surface area (Å²) in [5, 5.41) is 9.72. The Labute approximate surface area is 190 Å². The summed E-state index contributed by atoms with van der Waals surface area (Å²) in [4.78, 5) is 15.2. The second-order valence-electron chi connectivity index (χ2n) is 8.44. The first-order valence-corrected chi connectivity index (χ1v) is 11.3. The molecule has 0 aliphatic carbocycles. The van der Waals surface area contributed by atoms with Crippen LogP contribution in [-0.4, -0.2) is 43.7 Å². The first-order valence-electron chi connectivity index (χ1n) is 11.3. The topological polar surface area (TPSA) is 97.8 Å². The fourth-order valence-electron chi connectivity index (χ4n) is 4.44. The Hall–Kier alpha value is -2.98. The Morgan fingerprint density at radius 2 is 2.22 bits per heavy atom. The van der Waals surface area contributed by atoms with E-state index in [1.165, 1.54) is 12.8 Å². The van der Waals surface area contributed by atoms with Crippen LogP contribution in [0.1, 0.15) is 51.5 Å². The third-order valence-corrected chi connectivity index (χ3v) is 5.92. The lowest BCUT2D eigenvalue weighted by Crippen LogP contribution is -2.35. The van der Waals surface area contributed by atoms with Crippen molar-refractivity contribution in [2.45, 2.75) is 46.0 Å². The predicted molar refractivity (Wildman–Crippen MR) is 121 cm³/mol. The maximum atomic E-state index is 12.7. The van der Waals surface area contributed by atoms with Crippen molar-refractivity contribution in [2.75, 3.05) is 32.8 Å². The van der Waals surface area contributed by atoms with E-state index in [1.54, 1.807) is 13.8 Å². The quantitative estimate of drug-likeness (QED) is 0.485. The number of nitrogens with zero attached hydrogens (tertiary/aromatic N) is 2. The minimum atomic E-state index is -0.661. The molecular formula is C25H33N3O4. The van der Waals surface area contributed by atoms with E-state index in [4.69, 9.17) is 19.9 Å². The molecule has 2 aliphatic heterocycles. The molecule has 1 aromatic rings. The number of likely N-dealkylation sites (tertiary alicyclic amines) is 1. The van der Waals surface area contributed by atoms with Gasteiger partial charge in [0.1, 0.15) is 23.2 Å². The molecule has 1 aromatic carbocycles. The van der Waals surface area contributed by atoms with Crippen molar-refractivity contribution in [3.63, 3.8) is 0 Å². The normalized spacial score (nSPS) is 21.7. The number of carbonyl (C=O) groups is 1. The molecule has 32 heavy (non-hydrogen) atoms. The lowest BCUT2D eigenvalue weighted by molar-refractivity contribution is -0.139. The SMILES string of the molecule is CCOC(=O)C1=C(C)OC(N)=C(C#N)C1c1cccc(OCCCN2CCCC(C)C2)c1. The molecule has 1 fully saturated rings. The third kappa shape index (κ3) is 5.63. The number of esters is 1. The van der Waals surface area contributed by atoms with E-state index >= 15 is 0 Å². The summed E-state index contributed by atoms with van der Waals surface area (Å²) in [7, 11) is 0. The zero-order valence-electron chi connectivity index (χ0n) is 19.2. The highest BCUT2D eigenvalue weighted by Crippen LogP contribution is 2.40. The van der Waals surface area contributed by atoms with Gasteiger partial charge in [0.05, 0.1) is 24.7 Å². The summed E-state index contributed by atoms with van der Waals surface area (Å²) in [5.74, 6) is 0.624. The van der Waals surface area contributed by atoms with E-state index in [2.05, 4.69) is 17.9 Å². The van der Waals surface area contributed by atoms with Gasteiger partial charge in [-0.2, -0.15) is 5.26 Å². The van der Waals surface area contributed by atoms with Crippen LogP contribution in [0.2, 0.25) is 0 Å². The molecule has 1 saturated heterocycles. The molecule has 7 nitrogen and oxygen atoms in total. The van der Waals surface area contributed by atoms with Gasteiger partial charge in [-0.25, -0.2) is 4.79 Å². The number of carbonyl (C=O) groups excluding carboxylic acids is 1. The van der Waals surface area contributed by atoms with Crippen LogP contribution in [0.25, 0.3) is 0 Å².